The second-order valence-electron chi connectivity index (χ2n) is 4.40. The van der Waals surface area contributed by atoms with Gasteiger partial charge in [-0.3, -0.25) is 9.36 Å². The number of nitrogens with zero attached hydrogens (tertiary/aromatic N) is 2. The smallest absolute Gasteiger partial charge is 0.267 e. The molecule has 4 nitrogen and oxygen atoms in total. The Labute approximate surface area is 120 Å². The maximum atomic E-state index is 11.9. The van der Waals surface area contributed by atoms with Gasteiger partial charge >= 0.3 is 0 Å². The van der Waals surface area contributed by atoms with E-state index in [0.29, 0.717) is 17.6 Å². The van der Waals surface area contributed by atoms with E-state index in [-0.39, 0.29) is 5.56 Å². The fourth-order valence-corrected chi connectivity index (χ4v) is 2.11. The third-order valence-electron chi connectivity index (χ3n) is 2.92. The molecule has 0 saturated carbocycles. The van der Waals surface area contributed by atoms with Crippen molar-refractivity contribution in [2.45, 2.75) is 20.4 Å². The van der Waals surface area contributed by atoms with Gasteiger partial charge in [-0.1, -0.05) is 17.7 Å². The Kier molecular flexibility index (Phi) is 4.37. The topological polar surface area (TPSA) is 46.9 Å². The number of hydrogen-bond acceptors (Lipinski definition) is 3. The summed E-state index contributed by atoms with van der Waals surface area (Å²) >= 11 is 3.21. The fourth-order valence-electron chi connectivity index (χ4n) is 1.80. The van der Waals surface area contributed by atoms with Crippen LogP contribution in [0.3, 0.4) is 0 Å². The Hall–Kier alpha value is -1.62. The summed E-state index contributed by atoms with van der Waals surface area (Å²) in [5.41, 5.74) is 2.24. The highest BCUT2D eigenvalue weighted by molar-refractivity contribution is 9.10. The van der Waals surface area contributed by atoms with Crippen LogP contribution in [0.15, 0.2) is 39.7 Å². The molecule has 0 spiro atoms. The molecule has 0 saturated heterocycles. The van der Waals surface area contributed by atoms with Gasteiger partial charge in [0.15, 0.2) is 0 Å². The van der Waals surface area contributed by atoms with Gasteiger partial charge in [-0.25, -0.2) is 4.98 Å². The number of hydrogen-bond donors (Lipinski definition) is 1. The van der Waals surface area contributed by atoms with E-state index in [9.17, 15) is 4.79 Å². The van der Waals surface area contributed by atoms with Gasteiger partial charge in [-0.05, 0) is 41.9 Å². The quantitative estimate of drug-likeness (QED) is 0.941. The SMILES string of the molecule is Cc1ccc(NCCn2c(C)ncc(Br)c2=O)cc1. The Morgan fingerprint density at radius 3 is 2.63 bits per heavy atom. The molecule has 1 heterocycles. The Bertz CT molecular complexity index is 620. The van der Waals surface area contributed by atoms with Crippen LogP contribution >= 0.6 is 15.9 Å². The molecule has 0 fully saturated rings. The highest BCUT2D eigenvalue weighted by Gasteiger charge is 2.04. The molecule has 0 aliphatic heterocycles. The van der Waals surface area contributed by atoms with Crippen molar-refractivity contribution in [3.05, 3.63) is 56.7 Å². The van der Waals surface area contributed by atoms with Crippen LogP contribution in [0, 0.1) is 13.8 Å². The molecule has 1 aromatic heterocycles. The van der Waals surface area contributed by atoms with Crippen LogP contribution in [0.1, 0.15) is 11.4 Å². The van der Waals surface area contributed by atoms with E-state index < -0.39 is 0 Å². The van der Waals surface area contributed by atoms with E-state index in [4.69, 9.17) is 0 Å². The summed E-state index contributed by atoms with van der Waals surface area (Å²) in [5.74, 6) is 0.721. The summed E-state index contributed by atoms with van der Waals surface area (Å²) in [6, 6.07) is 8.18. The molecule has 2 aromatic rings. The van der Waals surface area contributed by atoms with Crippen LogP contribution in [-0.2, 0) is 6.54 Å². The van der Waals surface area contributed by atoms with Crippen molar-refractivity contribution in [2.75, 3.05) is 11.9 Å². The second kappa shape index (κ2) is 6.02. The van der Waals surface area contributed by atoms with Crippen molar-refractivity contribution in [3.63, 3.8) is 0 Å². The molecule has 1 aromatic carbocycles. The Balaban J connectivity index is 2.02. The highest BCUT2D eigenvalue weighted by Crippen LogP contribution is 2.08. The third-order valence-corrected chi connectivity index (χ3v) is 3.46. The van der Waals surface area contributed by atoms with Crippen molar-refractivity contribution in [3.8, 4) is 0 Å². The Morgan fingerprint density at radius 2 is 1.95 bits per heavy atom. The summed E-state index contributed by atoms with van der Waals surface area (Å²) < 4.78 is 2.15. The van der Waals surface area contributed by atoms with Gasteiger partial charge in [0, 0.05) is 25.0 Å². The zero-order valence-corrected chi connectivity index (χ0v) is 12.6. The number of aryl methyl sites for hydroxylation is 2. The molecular weight excluding hydrogens is 306 g/mol. The first kappa shape index (κ1) is 13.8. The van der Waals surface area contributed by atoms with Gasteiger partial charge < -0.3 is 5.32 Å². The lowest BCUT2D eigenvalue weighted by Gasteiger charge is -2.11. The number of rotatable bonds is 4. The van der Waals surface area contributed by atoms with E-state index in [0.717, 1.165) is 11.5 Å². The lowest BCUT2D eigenvalue weighted by atomic mass is 10.2. The molecule has 5 heteroatoms. The van der Waals surface area contributed by atoms with Gasteiger partial charge in [0.2, 0.25) is 0 Å². The van der Waals surface area contributed by atoms with E-state index in [2.05, 4.69) is 45.3 Å². The molecule has 0 aliphatic carbocycles. The fraction of sp³-hybridized carbons (Fsp3) is 0.286. The van der Waals surface area contributed by atoms with E-state index in [1.807, 2.05) is 19.1 Å². The first-order valence-electron chi connectivity index (χ1n) is 6.10. The first-order chi connectivity index (χ1) is 9.08. The molecule has 0 atom stereocenters. The summed E-state index contributed by atoms with van der Waals surface area (Å²) in [5, 5.41) is 3.29. The van der Waals surface area contributed by atoms with Crippen LogP contribution in [0.5, 0.6) is 0 Å². The van der Waals surface area contributed by atoms with E-state index in [1.165, 1.54) is 5.56 Å². The normalized spacial score (nSPS) is 10.5. The second-order valence-corrected chi connectivity index (χ2v) is 5.26. The summed E-state index contributed by atoms with van der Waals surface area (Å²) in [4.78, 5) is 16.1. The Morgan fingerprint density at radius 1 is 1.26 bits per heavy atom. The van der Waals surface area contributed by atoms with Crippen molar-refractivity contribution >= 4 is 21.6 Å². The van der Waals surface area contributed by atoms with Crippen LogP contribution in [0.4, 0.5) is 5.69 Å². The number of halogens is 1. The average Bonchev–Trinajstić information content (AvgIpc) is 2.40. The zero-order chi connectivity index (χ0) is 13.8. The summed E-state index contributed by atoms with van der Waals surface area (Å²) in [6.07, 6.45) is 1.54. The molecule has 0 radical (unpaired) electrons. The third kappa shape index (κ3) is 3.44. The molecule has 1 N–H and O–H groups in total. The molecule has 0 bridgehead atoms. The van der Waals surface area contributed by atoms with E-state index in [1.54, 1.807) is 10.8 Å². The monoisotopic (exact) mass is 321 g/mol. The van der Waals surface area contributed by atoms with Crippen LogP contribution in [0.2, 0.25) is 0 Å². The minimum absolute atomic E-state index is 0.0433. The van der Waals surface area contributed by atoms with Crippen molar-refractivity contribution in [1.29, 1.82) is 0 Å². The van der Waals surface area contributed by atoms with Crippen LogP contribution < -0.4 is 10.9 Å². The van der Waals surface area contributed by atoms with Crippen molar-refractivity contribution in [1.82, 2.24) is 9.55 Å². The molecule has 0 unspecified atom stereocenters. The van der Waals surface area contributed by atoms with Gasteiger partial charge in [0.1, 0.15) is 10.3 Å². The van der Waals surface area contributed by atoms with Crippen LogP contribution in [0.25, 0.3) is 0 Å². The standard InChI is InChI=1S/C14H16BrN3O/c1-10-3-5-12(6-4-10)16-7-8-18-11(2)17-9-13(15)14(18)19/h3-6,9,16H,7-8H2,1-2H3. The molecule has 0 aliphatic rings. The molecule has 0 amide bonds. The molecule has 19 heavy (non-hydrogen) atoms. The van der Waals surface area contributed by atoms with E-state index >= 15 is 0 Å². The molecule has 2 rings (SSSR count). The predicted molar refractivity (Wildman–Crippen MR) is 80.6 cm³/mol. The minimum atomic E-state index is -0.0433. The van der Waals surface area contributed by atoms with Crippen molar-refractivity contribution < 1.29 is 0 Å². The number of aromatic nitrogens is 2. The maximum Gasteiger partial charge on any atom is 0.267 e. The number of anilines is 1. The molecule has 100 valence electrons. The lowest BCUT2D eigenvalue weighted by Crippen LogP contribution is -2.27. The van der Waals surface area contributed by atoms with Crippen LogP contribution in [-0.4, -0.2) is 16.1 Å². The highest BCUT2D eigenvalue weighted by atomic mass is 79.9. The predicted octanol–water partition coefficient (Wildman–Crippen LogP) is 2.73. The average molecular weight is 322 g/mol. The summed E-state index contributed by atoms with van der Waals surface area (Å²) in [6.45, 7) is 5.16. The lowest BCUT2D eigenvalue weighted by molar-refractivity contribution is 0.649. The number of benzene rings is 1. The van der Waals surface area contributed by atoms with Gasteiger partial charge in [-0.15, -0.1) is 0 Å². The largest absolute Gasteiger partial charge is 0.383 e. The van der Waals surface area contributed by atoms with Gasteiger partial charge in [-0.2, -0.15) is 0 Å². The first-order valence-corrected chi connectivity index (χ1v) is 6.89. The minimum Gasteiger partial charge on any atom is -0.383 e. The van der Waals surface area contributed by atoms with Gasteiger partial charge in [0.25, 0.3) is 5.56 Å². The van der Waals surface area contributed by atoms with Crippen molar-refractivity contribution in [2.24, 2.45) is 0 Å². The maximum absolute atomic E-state index is 11.9. The van der Waals surface area contributed by atoms with Gasteiger partial charge in [0.05, 0.1) is 0 Å². The number of nitrogens with one attached hydrogen (secondary N) is 1. The molecular formula is C14H16BrN3O. The summed E-state index contributed by atoms with van der Waals surface area (Å²) in [7, 11) is 0. The zero-order valence-electron chi connectivity index (χ0n) is 11.0.